The second-order valence-electron chi connectivity index (χ2n) is 8.69. The van der Waals surface area contributed by atoms with Crippen molar-refractivity contribution < 1.29 is 38.1 Å². The molecule has 3 atom stereocenters. The number of ether oxygens (including phenoxy) is 4. The van der Waals surface area contributed by atoms with Gasteiger partial charge < -0.3 is 24.7 Å². The van der Waals surface area contributed by atoms with Gasteiger partial charge in [0, 0.05) is 19.3 Å². The SMILES string of the molecule is CCCC(=O)Oc1ccc(C[C@H](N)C(=O)OC[C@H](C)OC(=O)CC(C)CC)cc1OC(=O)CCC. The van der Waals surface area contributed by atoms with Gasteiger partial charge in [-0.3, -0.25) is 19.2 Å². The molecule has 0 radical (unpaired) electrons. The largest absolute Gasteiger partial charge is 0.461 e. The molecule has 0 heterocycles. The summed E-state index contributed by atoms with van der Waals surface area (Å²) < 4.78 is 21.2. The van der Waals surface area contributed by atoms with Gasteiger partial charge in [-0.25, -0.2) is 0 Å². The third-order valence-corrected chi connectivity index (χ3v) is 5.13. The Labute approximate surface area is 207 Å². The molecule has 9 heteroatoms. The summed E-state index contributed by atoms with van der Waals surface area (Å²) in [5, 5.41) is 0. The lowest BCUT2D eigenvalue weighted by atomic mass is 10.1. The third kappa shape index (κ3) is 11.8. The van der Waals surface area contributed by atoms with Gasteiger partial charge in [-0.15, -0.1) is 0 Å². The second-order valence-corrected chi connectivity index (χ2v) is 8.69. The zero-order valence-electron chi connectivity index (χ0n) is 21.5. The lowest BCUT2D eigenvalue weighted by Gasteiger charge is -2.17. The first-order valence-electron chi connectivity index (χ1n) is 12.2. The Morgan fingerprint density at radius 2 is 1.49 bits per heavy atom. The molecule has 0 aliphatic rings. The van der Waals surface area contributed by atoms with E-state index in [9.17, 15) is 19.2 Å². The predicted molar refractivity (Wildman–Crippen MR) is 130 cm³/mol. The van der Waals surface area contributed by atoms with Crippen LogP contribution < -0.4 is 15.2 Å². The van der Waals surface area contributed by atoms with Crippen molar-refractivity contribution >= 4 is 23.9 Å². The van der Waals surface area contributed by atoms with Crippen molar-refractivity contribution in [1.29, 1.82) is 0 Å². The third-order valence-electron chi connectivity index (χ3n) is 5.13. The predicted octanol–water partition coefficient (Wildman–Crippen LogP) is 3.88. The fourth-order valence-corrected chi connectivity index (χ4v) is 2.98. The van der Waals surface area contributed by atoms with Crippen LogP contribution >= 0.6 is 0 Å². The normalized spacial score (nSPS) is 13.3. The number of esters is 4. The first-order chi connectivity index (χ1) is 16.6. The van der Waals surface area contributed by atoms with E-state index in [-0.39, 0.29) is 49.3 Å². The second kappa shape index (κ2) is 15.9. The monoisotopic (exact) mass is 493 g/mol. The number of hydrogen-bond donors (Lipinski definition) is 1. The molecule has 0 spiro atoms. The highest BCUT2D eigenvalue weighted by atomic mass is 16.6. The summed E-state index contributed by atoms with van der Waals surface area (Å²) in [4.78, 5) is 48.2. The van der Waals surface area contributed by atoms with Crippen molar-refractivity contribution in [2.75, 3.05) is 6.61 Å². The molecular formula is C26H39NO8. The molecule has 2 N–H and O–H groups in total. The lowest BCUT2D eigenvalue weighted by Crippen LogP contribution is -2.36. The summed E-state index contributed by atoms with van der Waals surface area (Å²) in [5.74, 6) is -1.45. The highest BCUT2D eigenvalue weighted by Gasteiger charge is 2.21. The van der Waals surface area contributed by atoms with Crippen LogP contribution in [0, 0.1) is 5.92 Å². The van der Waals surface area contributed by atoms with Crippen LogP contribution in [-0.2, 0) is 35.1 Å². The van der Waals surface area contributed by atoms with E-state index in [1.165, 1.54) is 12.1 Å². The van der Waals surface area contributed by atoms with E-state index in [0.717, 1.165) is 6.42 Å². The van der Waals surface area contributed by atoms with Gasteiger partial charge in [0.05, 0.1) is 0 Å². The standard InChI is InChI=1S/C26H39NO8/c1-6-9-23(28)34-21-12-11-19(15-22(21)35-24(29)10-7-2)14-20(27)26(31)32-16-18(5)33-25(30)13-17(4)8-3/h11-12,15,17-18,20H,6-10,13-14,16,27H2,1-5H3/t17?,18-,20-/m0/s1. The van der Waals surface area contributed by atoms with Gasteiger partial charge in [0.1, 0.15) is 18.8 Å². The van der Waals surface area contributed by atoms with Crippen LogP contribution in [0.3, 0.4) is 0 Å². The van der Waals surface area contributed by atoms with E-state index in [1.807, 2.05) is 27.7 Å². The van der Waals surface area contributed by atoms with Crippen molar-refractivity contribution in [3.05, 3.63) is 23.8 Å². The molecule has 0 saturated carbocycles. The Kier molecular flexibility index (Phi) is 13.6. The molecular weight excluding hydrogens is 454 g/mol. The van der Waals surface area contributed by atoms with E-state index >= 15 is 0 Å². The highest BCUT2D eigenvalue weighted by Crippen LogP contribution is 2.30. The Morgan fingerprint density at radius 1 is 0.886 bits per heavy atom. The maximum absolute atomic E-state index is 12.4. The summed E-state index contributed by atoms with van der Waals surface area (Å²) in [5.41, 5.74) is 6.60. The molecule has 196 valence electrons. The quantitative estimate of drug-likeness (QED) is 0.285. The minimum atomic E-state index is -0.995. The number of carbonyl (C=O) groups is 4. The molecule has 0 fully saturated rings. The molecule has 1 unspecified atom stereocenters. The Balaban J connectivity index is 2.75. The maximum Gasteiger partial charge on any atom is 0.323 e. The molecule has 0 saturated heterocycles. The molecule has 0 aliphatic heterocycles. The van der Waals surface area contributed by atoms with E-state index in [2.05, 4.69) is 0 Å². The molecule has 0 bridgehead atoms. The molecule has 9 nitrogen and oxygen atoms in total. The molecule has 0 aliphatic carbocycles. The van der Waals surface area contributed by atoms with Crippen molar-refractivity contribution in [2.45, 2.75) is 91.7 Å². The van der Waals surface area contributed by atoms with Gasteiger partial charge in [-0.2, -0.15) is 0 Å². The van der Waals surface area contributed by atoms with Crippen LogP contribution in [0.1, 0.15) is 78.7 Å². The van der Waals surface area contributed by atoms with Crippen molar-refractivity contribution in [3.63, 3.8) is 0 Å². The van der Waals surface area contributed by atoms with E-state index in [4.69, 9.17) is 24.7 Å². The average Bonchev–Trinajstić information content (AvgIpc) is 2.79. The maximum atomic E-state index is 12.4. The number of hydrogen-bond acceptors (Lipinski definition) is 9. The lowest BCUT2D eigenvalue weighted by molar-refractivity contribution is -0.159. The van der Waals surface area contributed by atoms with Gasteiger partial charge >= 0.3 is 23.9 Å². The fraction of sp³-hybridized carbons (Fsp3) is 0.615. The molecule has 0 amide bonds. The number of rotatable bonds is 15. The van der Waals surface area contributed by atoms with Crippen molar-refractivity contribution in [3.8, 4) is 11.5 Å². The molecule has 1 aromatic rings. The smallest absolute Gasteiger partial charge is 0.323 e. The number of benzene rings is 1. The van der Waals surface area contributed by atoms with E-state index in [1.54, 1.807) is 13.0 Å². The average molecular weight is 494 g/mol. The Hall–Kier alpha value is -2.94. The summed E-state index contributed by atoms with van der Waals surface area (Å²) in [6.07, 6.45) is 2.34. The number of carbonyl (C=O) groups excluding carboxylic acids is 4. The van der Waals surface area contributed by atoms with Crippen molar-refractivity contribution in [2.24, 2.45) is 11.7 Å². The van der Waals surface area contributed by atoms with Crippen LogP contribution in [0.2, 0.25) is 0 Å². The Bertz CT molecular complexity index is 854. The van der Waals surface area contributed by atoms with Crippen LogP contribution in [0.5, 0.6) is 11.5 Å². The molecule has 1 aromatic carbocycles. The van der Waals surface area contributed by atoms with Gasteiger partial charge in [0.25, 0.3) is 0 Å². The van der Waals surface area contributed by atoms with Gasteiger partial charge in [-0.1, -0.05) is 40.2 Å². The summed E-state index contributed by atoms with van der Waals surface area (Å²) in [7, 11) is 0. The Morgan fingerprint density at radius 3 is 2.06 bits per heavy atom. The molecule has 0 aromatic heterocycles. The zero-order valence-corrected chi connectivity index (χ0v) is 21.5. The minimum Gasteiger partial charge on any atom is -0.461 e. The highest BCUT2D eigenvalue weighted by molar-refractivity contribution is 5.77. The summed E-state index contributed by atoms with van der Waals surface area (Å²) in [6, 6.07) is 3.67. The first-order valence-corrected chi connectivity index (χ1v) is 12.2. The van der Waals surface area contributed by atoms with E-state index < -0.39 is 30.1 Å². The van der Waals surface area contributed by atoms with Gasteiger partial charge in [0.15, 0.2) is 11.5 Å². The summed E-state index contributed by atoms with van der Waals surface area (Å²) >= 11 is 0. The van der Waals surface area contributed by atoms with Crippen LogP contribution in [0.15, 0.2) is 18.2 Å². The van der Waals surface area contributed by atoms with Crippen LogP contribution in [-0.4, -0.2) is 42.6 Å². The van der Waals surface area contributed by atoms with Crippen molar-refractivity contribution in [1.82, 2.24) is 0 Å². The topological polar surface area (TPSA) is 131 Å². The molecule has 1 rings (SSSR count). The van der Waals surface area contributed by atoms with Crippen LogP contribution in [0.25, 0.3) is 0 Å². The number of nitrogens with two attached hydrogens (primary N) is 1. The van der Waals surface area contributed by atoms with E-state index in [0.29, 0.717) is 24.8 Å². The minimum absolute atomic E-state index is 0.0906. The van der Waals surface area contributed by atoms with Gasteiger partial charge in [0.2, 0.25) is 0 Å². The van der Waals surface area contributed by atoms with Gasteiger partial charge in [-0.05, 0) is 49.8 Å². The molecule has 35 heavy (non-hydrogen) atoms. The fourth-order valence-electron chi connectivity index (χ4n) is 2.98. The zero-order chi connectivity index (χ0) is 26.4. The van der Waals surface area contributed by atoms with Crippen LogP contribution in [0.4, 0.5) is 0 Å². The summed E-state index contributed by atoms with van der Waals surface area (Å²) in [6.45, 7) is 9.19. The first kappa shape index (κ1) is 30.1.